The average Bonchev–Trinajstić information content (AvgIpc) is 3.76. The zero-order valence-corrected chi connectivity index (χ0v) is 25.7. The van der Waals surface area contributed by atoms with Crippen LogP contribution in [-0.2, 0) is 0 Å². The topological polar surface area (TPSA) is 140 Å². The van der Waals surface area contributed by atoms with Gasteiger partial charge in [-0.05, 0) is 92.8 Å². The SMILES string of the molecule is N#CC1C(O)CCC2C3NC4NC(NC5NC(NC6NC(NC(N3)C12)C1CCCCC61)C1CCCCC51)C1CCCCC41. The van der Waals surface area contributed by atoms with Gasteiger partial charge in [-0.1, -0.05) is 38.5 Å². The quantitative estimate of drug-likeness (QED) is 0.202. The number of nitriles is 1. The molecule has 9 rings (SSSR count). The monoisotopic (exact) mass is 593 g/mol. The van der Waals surface area contributed by atoms with E-state index in [1.807, 2.05) is 0 Å². The van der Waals surface area contributed by atoms with Crippen LogP contribution < -0.4 is 42.5 Å². The summed E-state index contributed by atoms with van der Waals surface area (Å²) >= 11 is 0. The number of rotatable bonds is 0. The van der Waals surface area contributed by atoms with E-state index in [1.54, 1.807) is 0 Å². The first-order valence-electron chi connectivity index (χ1n) is 18.3. The second-order valence-corrected chi connectivity index (χ2v) is 16.0. The molecule has 10 heteroatoms. The molecule has 9 aliphatic rings. The minimum atomic E-state index is -0.537. The lowest BCUT2D eigenvalue weighted by Gasteiger charge is -2.39. The van der Waals surface area contributed by atoms with Crippen LogP contribution in [0, 0.1) is 64.6 Å². The van der Waals surface area contributed by atoms with E-state index in [-0.39, 0.29) is 36.5 Å². The van der Waals surface area contributed by atoms with Gasteiger partial charge >= 0.3 is 0 Å². The van der Waals surface area contributed by atoms with E-state index in [9.17, 15) is 10.4 Å². The molecule has 0 aromatic heterocycles. The second-order valence-electron chi connectivity index (χ2n) is 16.0. The Kier molecular flexibility index (Phi) is 7.54. The zero-order valence-electron chi connectivity index (χ0n) is 25.7. The van der Waals surface area contributed by atoms with E-state index >= 15 is 0 Å². The Morgan fingerprint density at radius 1 is 0.395 bits per heavy atom. The fraction of sp³-hybridized carbons (Fsp3) is 0.970. The molecule has 238 valence electrons. The summed E-state index contributed by atoms with van der Waals surface area (Å²) in [5.41, 5.74) is 0. The van der Waals surface area contributed by atoms with Gasteiger partial charge in [0.15, 0.2) is 0 Å². The van der Waals surface area contributed by atoms with Crippen molar-refractivity contribution in [1.29, 1.82) is 5.26 Å². The minimum Gasteiger partial charge on any atom is -0.392 e. The number of fused-ring (bicyclic) bond motifs is 20. The van der Waals surface area contributed by atoms with Gasteiger partial charge < -0.3 is 5.11 Å². The number of hydrogen-bond acceptors (Lipinski definition) is 10. The van der Waals surface area contributed by atoms with E-state index in [1.165, 1.54) is 77.0 Å². The van der Waals surface area contributed by atoms with Crippen LogP contribution in [0.1, 0.15) is 89.9 Å². The van der Waals surface area contributed by atoms with Gasteiger partial charge in [-0.2, -0.15) is 5.26 Å². The molecule has 4 saturated carbocycles. The number of hydrogen-bond donors (Lipinski definition) is 9. The predicted molar refractivity (Wildman–Crippen MR) is 163 cm³/mol. The summed E-state index contributed by atoms with van der Waals surface area (Å²) in [6, 6.07) is 2.57. The second kappa shape index (κ2) is 11.4. The number of aliphatic hydroxyl groups excluding tert-OH is 1. The van der Waals surface area contributed by atoms with Crippen LogP contribution >= 0.6 is 0 Å². The highest BCUT2D eigenvalue weighted by Crippen LogP contribution is 2.46. The van der Waals surface area contributed by atoms with Gasteiger partial charge in [0, 0.05) is 5.92 Å². The van der Waals surface area contributed by atoms with E-state index < -0.39 is 6.10 Å². The largest absolute Gasteiger partial charge is 0.392 e. The molecule has 5 heterocycles. The van der Waals surface area contributed by atoms with Gasteiger partial charge in [-0.25, -0.2) is 0 Å². The van der Waals surface area contributed by atoms with Crippen LogP contribution in [0.5, 0.6) is 0 Å². The first-order chi connectivity index (χ1) is 21.2. The van der Waals surface area contributed by atoms with Gasteiger partial charge in [-0.15, -0.1) is 0 Å². The predicted octanol–water partition coefficient (Wildman–Crippen LogP) is 1.33. The van der Waals surface area contributed by atoms with Crippen LogP contribution in [0.4, 0.5) is 0 Å². The lowest BCUT2D eigenvalue weighted by Crippen LogP contribution is -2.61. The molecular formula is C33H55N9O. The van der Waals surface area contributed by atoms with Crippen molar-refractivity contribution in [2.75, 3.05) is 0 Å². The molecule has 0 spiro atoms. The molecule has 0 aromatic rings. The van der Waals surface area contributed by atoms with Crippen LogP contribution in [0.3, 0.4) is 0 Å². The van der Waals surface area contributed by atoms with Gasteiger partial charge in [0.1, 0.15) is 0 Å². The van der Waals surface area contributed by atoms with Crippen LogP contribution in [0.2, 0.25) is 0 Å². The first kappa shape index (κ1) is 28.4. The third kappa shape index (κ3) is 4.75. The summed E-state index contributed by atoms with van der Waals surface area (Å²) in [6.45, 7) is 0. The highest BCUT2D eigenvalue weighted by molar-refractivity contribution is 5.12. The van der Waals surface area contributed by atoms with E-state index in [2.05, 4.69) is 48.6 Å². The van der Waals surface area contributed by atoms with Gasteiger partial charge in [0.2, 0.25) is 0 Å². The van der Waals surface area contributed by atoms with Crippen molar-refractivity contribution >= 4 is 0 Å². The molecule has 18 unspecified atom stereocenters. The number of nitrogens with one attached hydrogen (secondary N) is 8. The van der Waals surface area contributed by atoms with E-state index in [0.717, 1.165) is 12.8 Å². The summed E-state index contributed by atoms with van der Waals surface area (Å²) in [6.07, 6.45) is 18.8. The molecule has 9 fully saturated rings. The molecule has 5 aliphatic heterocycles. The van der Waals surface area contributed by atoms with Crippen LogP contribution in [0.15, 0.2) is 0 Å². The third-order valence-electron chi connectivity index (χ3n) is 14.1. The maximum atomic E-state index is 11.0. The smallest absolute Gasteiger partial charge is 0.0782 e. The van der Waals surface area contributed by atoms with Crippen molar-refractivity contribution in [1.82, 2.24) is 42.5 Å². The Bertz CT molecular complexity index is 1070. The third-order valence-corrected chi connectivity index (χ3v) is 14.1. The van der Waals surface area contributed by atoms with Crippen LogP contribution in [-0.4, -0.2) is 60.5 Å². The van der Waals surface area contributed by atoms with E-state index in [0.29, 0.717) is 66.1 Å². The molecule has 0 aromatic carbocycles. The van der Waals surface area contributed by atoms with Gasteiger partial charge in [0.25, 0.3) is 0 Å². The summed E-state index contributed by atoms with van der Waals surface area (Å²) < 4.78 is 0. The zero-order chi connectivity index (χ0) is 28.7. The van der Waals surface area contributed by atoms with Gasteiger partial charge in [0.05, 0.1) is 67.4 Å². The molecule has 0 amide bonds. The van der Waals surface area contributed by atoms with Crippen molar-refractivity contribution < 1.29 is 5.11 Å². The highest BCUT2D eigenvalue weighted by Gasteiger charge is 2.56. The highest BCUT2D eigenvalue weighted by atomic mass is 16.3. The summed E-state index contributed by atoms with van der Waals surface area (Å²) in [7, 11) is 0. The minimum absolute atomic E-state index is 0.00280. The van der Waals surface area contributed by atoms with Crippen molar-refractivity contribution in [2.24, 2.45) is 53.3 Å². The van der Waals surface area contributed by atoms with E-state index in [4.69, 9.17) is 0 Å². The Labute approximate surface area is 257 Å². The molecule has 43 heavy (non-hydrogen) atoms. The molecule has 0 radical (unpaired) electrons. The number of nitrogens with zero attached hydrogens (tertiary/aromatic N) is 1. The fourth-order valence-corrected chi connectivity index (χ4v) is 12.2. The number of aliphatic hydroxyl groups is 1. The van der Waals surface area contributed by atoms with Crippen LogP contribution in [0.25, 0.3) is 0 Å². The molecule has 18 atom stereocenters. The summed E-state index contributed by atoms with van der Waals surface area (Å²) in [5.74, 6) is 3.91. The molecule has 9 N–H and O–H groups in total. The standard InChI is InChI=1S/C33H55N9O/c34-15-23-24(43)14-13-22-25(23)33-41-31-21-12-6-5-11-20(21)29(39-31)37-27-17-8-2-1-7-16(17)26(35-27)36-28-18-9-3-4-10-19(18)30(38-28)40-32(22)42-33/h16-33,35-43H,1-14H2. The Morgan fingerprint density at radius 3 is 1.02 bits per heavy atom. The first-order valence-corrected chi connectivity index (χ1v) is 18.3. The maximum absolute atomic E-state index is 11.0. The molecule has 5 saturated heterocycles. The normalized spacial score (nSPS) is 57.7. The van der Waals surface area contributed by atoms with Crippen molar-refractivity contribution in [3.05, 3.63) is 0 Å². The lowest BCUT2D eigenvalue weighted by atomic mass is 9.70. The Morgan fingerprint density at radius 2 is 0.698 bits per heavy atom. The summed E-state index contributed by atoms with van der Waals surface area (Å²) in [4.78, 5) is 0. The lowest BCUT2D eigenvalue weighted by molar-refractivity contribution is 0.0239. The fourth-order valence-electron chi connectivity index (χ4n) is 12.2. The molecular weight excluding hydrogens is 538 g/mol. The van der Waals surface area contributed by atoms with Gasteiger partial charge in [-0.3, -0.25) is 42.5 Å². The van der Waals surface area contributed by atoms with Crippen molar-refractivity contribution in [2.45, 2.75) is 145 Å². The molecule has 8 bridgehead atoms. The Hall–Kier alpha value is -0.870. The van der Waals surface area contributed by atoms with Crippen molar-refractivity contribution in [3.8, 4) is 6.07 Å². The Balaban J connectivity index is 1.07. The van der Waals surface area contributed by atoms with Crippen molar-refractivity contribution in [3.63, 3.8) is 0 Å². The molecule has 10 nitrogen and oxygen atoms in total. The molecule has 4 aliphatic carbocycles. The average molecular weight is 594 g/mol. The maximum Gasteiger partial charge on any atom is 0.0782 e. The summed E-state index contributed by atoms with van der Waals surface area (Å²) in [5, 5.41) is 54.3.